The number of aromatic nitrogens is 1. The van der Waals surface area contributed by atoms with Crippen molar-refractivity contribution in [3.63, 3.8) is 0 Å². The Hall–Kier alpha value is -3.05. The van der Waals surface area contributed by atoms with Crippen LogP contribution in [0, 0.1) is 5.82 Å². The van der Waals surface area contributed by atoms with Crippen molar-refractivity contribution < 1.29 is 9.18 Å². The third kappa shape index (κ3) is 4.69. The van der Waals surface area contributed by atoms with Crippen molar-refractivity contribution >= 4 is 28.6 Å². The number of benzene rings is 3. The summed E-state index contributed by atoms with van der Waals surface area (Å²) in [6.07, 6.45) is 0.257. The Kier molecular flexibility index (Phi) is 5.96. The van der Waals surface area contributed by atoms with Crippen LogP contribution in [-0.2, 0) is 11.2 Å². The molecule has 1 amide bonds. The minimum absolute atomic E-state index is 0.0561. The average molecular weight is 405 g/mol. The number of hydrogen-bond donors (Lipinski definition) is 2. The molecule has 3 nitrogen and oxygen atoms in total. The monoisotopic (exact) mass is 404 g/mol. The number of carbonyl (C=O) groups is 1. The first-order chi connectivity index (χ1) is 14.2. The number of halogens is 1. The third-order valence-corrected chi connectivity index (χ3v) is 5.79. The molecule has 0 aliphatic heterocycles. The summed E-state index contributed by atoms with van der Waals surface area (Å²) in [5, 5.41) is 4.14. The van der Waals surface area contributed by atoms with E-state index in [1.165, 1.54) is 22.4 Å². The zero-order valence-corrected chi connectivity index (χ0v) is 16.6. The maximum absolute atomic E-state index is 13.0. The highest BCUT2D eigenvalue weighted by atomic mass is 32.2. The third-order valence-electron chi connectivity index (χ3n) is 4.67. The molecule has 0 aliphatic carbocycles. The first-order valence-electron chi connectivity index (χ1n) is 9.51. The number of fused-ring (bicyclic) bond motifs is 1. The lowest BCUT2D eigenvalue weighted by molar-refractivity contribution is -0.120. The highest BCUT2D eigenvalue weighted by Gasteiger charge is 2.13. The number of para-hydroxylation sites is 1. The molecule has 0 aliphatic rings. The standard InChI is InChI=1S/C24H21FN2OS/c25-19-12-10-17(11-13-19)16-22(28)26-14-15-29-24-20-8-4-5-9-21(20)27-23(24)18-6-2-1-3-7-18/h1-13,27H,14-16H2,(H,26,28). The molecule has 0 fully saturated rings. The first-order valence-corrected chi connectivity index (χ1v) is 10.5. The first kappa shape index (κ1) is 19.3. The van der Waals surface area contributed by atoms with Gasteiger partial charge in [-0.05, 0) is 29.3 Å². The Bertz CT molecular complexity index is 1110. The van der Waals surface area contributed by atoms with E-state index in [9.17, 15) is 9.18 Å². The van der Waals surface area contributed by atoms with Gasteiger partial charge in [0.1, 0.15) is 5.82 Å². The number of nitrogens with one attached hydrogen (secondary N) is 2. The topological polar surface area (TPSA) is 44.9 Å². The van der Waals surface area contributed by atoms with Crippen molar-refractivity contribution in [1.29, 1.82) is 0 Å². The lowest BCUT2D eigenvalue weighted by Gasteiger charge is -2.07. The molecule has 0 saturated carbocycles. The SMILES string of the molecule is O=C(Cc1ccc(F)cc1)NCCSc1c(-c2ccccc2)[nH]c2ccccc12. The van der Waals surface area contributed by atoms with Crippen molar-refractivity contribution in [3.05, 3.63) is 90.2 Å². The normalized spacial score (nSPS) is 10.9. The molecule has 29 heavy (non-hydrogen) atoms. The van der Waals surface area contributed by atoms with Crippen LogP contribution in [0.1, 0.15) is 5.56 Å². The molecule has 5 heteroatoms. The summed E-state index contributed by atoms with van der Waals surface area (Å²) in [6.45, 7) is 0.568. The van der Waals surface area contributed by atoms with Gasteiger partial charge in [-0.1, -0.05) is 60.7 Å². The van der Waals surface area contributed by atoms with Crippen molar-refractivity contribution in [1.82, 2.24) is 10.3 Å². The minimum atomic E-state index is -0.293. The van der Waals surface area contributed by atoms with E-state index in [4.69, 9.17) is 0 Å². The van der Waals surface area contributed by atoms with Gasteiger partial charge in [-0.25, -0.2) is 4.39 Å². The summed E-state index contributed by atoms with van der Waals surface area (Å²) < 4.78 is 13.0. The van der Waals surface area contributed by atoms with E-state index in [0.717, 1.165) is 28.1 Å². The number of aromatic amines is 1. The van der Waals surface area contributed by atoms with Crippen LogP contribution in [0.5, 0.6) is 0 Å². The molecule has 3 aromatic carbocycles. The lowest BCUT2D eigenvalue weighted by atomic mass is 10.1. The largest absolute Gasteiger partial charge is 0.355 e. The fraction of sp³-hybridized carbons (Fsp3) is 0.125. The molecular formula is C24H21FN2OS. The minimum Gasteiger partial charge on any atom is -0.355 e. The van der Waals surface area contributed by atoms with Crippen LogP contribution in [0.3, 0.4) is 0 Å². The smallest absolute Gasteiger partial charge is 0.224 e. The highest BCUT2D eigenvalue weighted by Crippen LogP contribution is 2.37. The van der Waals surface area contributed by atoms with Crippen LogP contribution in [0.2, 0.25) is 0 Å². The van der Waals surface area contributed by atoms with E-state index in [0.29, 0.717) is 6.54 Å². The van der Waals surface area contributed by atoms with E-state index in [-0.39, 0.29) is 18.1 Å². The summed E-state index contributed by atoms with van der Waals surface area (Å²) in [6, 6.07) is 24.6. The van der Waals surface area contributed by atoms with Crippen molar-refractivity contribution in [2.45, 2.75) is 11.3 Å². The maximum Gasteiger partial charge on any atom is 0.224 e. The van der Waals surface area contributed by atoms with Crippen LogP contribution in [0.15, 0.2) is 83.8 Å². The predicted molar refractivity (Wildman–Crippen MR) is 118 cm³/mol. The Labute approximate surface area is 173 Å². The number of thioether (sulfide) groups is 1. The molecule has 4 rings (SSSR count). The van der Waals surface area contributed by atoms with E-state index < -0.39 is 0 Å². The van der Waals surface area contributed by atoms with Crippen molar-refractivity contribution in [2.24, 2.45) is 0 Å². The second-order valence-electron chi connectivity index (χ2n) is 6.74. The maximum atomic E-state index is 13.0. The Morgan fingerprint density at radius 2 is 1.66 bits per heavy atom. The summed E-state index contributed by atoms with van der Waals surface area (Å²) in [4.78, 5) is 16.9. The predicted octanol–water partition coefficient (Wildman–Crippen LogP) is 5.43. The average Bonchev–Trinajstić information content (AvgIpc) is 3.12. The molecule has 0 spiro atoms. The number of rotatable bonds is 7. The quantitative estimate of drug-likeness (QED) is 0.319. The molecule has 0 saturated heterocycles. The fourth-order valence-electron chi connectivity index (χ4n) is 3.27. The van der Waals surface area contributed by atoms with E-state index in [1.807, 2.05) is 30.3 Å². The van der Waals surface area contributed by atoms with Crippen LogP contribution in [0.25, 0.3) is 22.2 Å². The van der Waals surface area contributed by atoms with E-state index in [1.54, 1.807) is 23.9 Å². The van der Waals surface area contributed by atoms with Gasteiger partial charge in [0.05, 0.1) is 12.1 Å². The van der Waals surface area contributed by atoms with E-state index in [2.05, 4.69) is 34.6 Å². The lowest BCUT2D eigenvalue weighted by Crippen LogP contribution is -2.27. The summed E-state index contributed by atoms with van der Waals surface area (Å²) >= 11 is 1.73. The van der Waals surface area contributed by atoms with Gasteiger partial charge in [0, 0.05) is 28.1 Å². The number of amides is 1. The molecule has 146 valence electrons. The Morgan fingerprint density at radius 3 is 2.45 bits per heavy atom. The number of hydrogen-bond acceptors (Lipinski definition) is 2. The highest BCUT2D eigenvalue weighted by molar-refractivity contribution is 7.99. The molecule has 1 aromatic heterocycles. The van der Waals surface area contributed by atoms with Crippen molar-refractivity contribution in [3.8, 4) is 11.3 Å². The van der Waals surface area contributed by atoms with Gasteiger partial charge >= 0.3 is 0 Å². The zero-order valence-electron chi connectivity index (χ0n) is 15.8. The summed E-state index contributed by atoms with van der Waals surface area (Å²) in [7, 11) is 0. The van der Waals surface area contributed by atoms with Crippen LogP contribution >= 0.6 is 11.8 Å². The molecule has 4 aromatic rings. The number of H-pyrrole nitrogens is 1. The van der Waals surface area contributed by atoms with Crippen molar-refractivity contribution in [2.75, 3.05) is 12.3 Å². The fourth-order valence-corrected chi connectivity index (χ4v) is 4.32. The number of carbonyl (C=O) groups excluding carboxylic acids is 1. The molecule has 2 N–H and O–H groups in total. The van der Waals surface area contributed by atoms with E-state index >= 15 is 0 Å². The Balaban J connectivity index is 1.40. The van der Waals surface area contributed by atoms with Crippen LogP contribution in [0.4, 0.5) is 4.39 Å². The molecule has 0 atom stereocenters. The molecule has 1 heterocycles. The molecule has 0 radical (unpaired) electrons. The zero-order chi connectivity index (χ0) is 20.1. The van der Waals surface area contributed by atoms with Crippen LogP contribution < -0.4 is 5.32 Å². The van der Waals surface area contributed by atoms with Gasteiger partial charge in [-0.2, -0.15) is 0 Å². The molecule has 0 unspecified atom stereocenters. The second kappa shape index (κ2) is 8.97. The van der Waals surface area contributed by atoms with Gasteiger partial charge in [-0.15, -0.1) is 11.8 Å². The molecule has 0 bridgehead atoms. The Morgan fingerprint density at radius 1 is 0.931 bits per heavy atom. The summed E-state index contributed by atoms with van der Waals surface area (Å²) in [5.41, 5.74) is 4.16. The van der Waals surface area contributed by atoms with Gasteiger partial charge < -0.3 is 10.3 Å². The molecular weight excluding hydrogens is 383 g/mol. The second-order valence-corrected chi connectivity index (χ2v) is 7.85. The van der Waals surface area contributed by atoms with Gasteiger partial charge in [0.15, 0.2) is 0 Å². The van der Waals surface area contributed by atoms with Gasteiger partial charge in [0.2, 0.25) is 5.91 Å². The van der Waals surface area contributed by atoms with Gasteiger partial charge in [0.25, 0.3) is 0 Å². The van der Waals surface area contributed by atoms with Crippen LogP contribution in [-0.4, -0.2) is 23.2 Å². The van der Waals surface area contributed by atoms with Gasteiger partial charge in [-0.3, -0.25) is 4.79 Å². The summed E-state index contributed by atoms with van der Waals surface area (Å²) in [5.74, 6) is 0.412.